The normalized spacial score (nSPS) is 15.7. The Bertz CT molecular complexity index is 1190. The summed E-state index contributed by atoms with van der Waals surface area (Å²) >= 11 is 3.32. The average molecular weight is 451 g/mol. The number of rotatable bonds is 3. The van der Waals surface area contributed by atoms with Gasteiger partial charge in [0.25, 0.3) is 11.8 Å². The monoisotopic (exact) mass is 450 g/mol. The molecule has 0 saturated carbocycles. The van der Waals surface area contributed by atoms with Gasteiger partial charge in [-0.3, -0.25) is 14.9 Å². The highest BCUT2D eigenvalue weighted by atomic mass is 79.9. The number of hydrogen-bond acceptors (Lipinski definition) is 4. The van der Waals surface area contributed by atoms with Gasteiger partial charge in [0.2, 0.25) is 0 Å². The van der Waals surface area contributed by atoms with Gasteiger partial charge in [-0.25, -0.2) is 9.69 Å². The average Bonchev–Trinajstić information content (AvgIpc) is 2.72. The number of ether oxygens (including phenoxy) is 1. The third kappa shape index (κ3) is 3.40. The number of imide groups is 2. The summed E-state index contributed by atoms with van der Waals surface area (Å²) in [6.07, 6.45) is 1.50. The van der Waals surface area contributed by atoms with Crippen LogP contribution in [0.5, 0.6) is 5.75 Å². The summed E-state index contributed by atoms with van der Waals surface area (Å²) in [5.74, 6) is -0.719. The van der Waals surface area contributed by atoms with Crippen molar-refractivity contribution in [3.05, 3.63) is 76.3 Å². The number of urea groups is 1. The minimum atomic E-state index is -0.779. The second kappa shape index (κ2) is 7.52. The fraction of sp³-hybridized carbons (Fsp3) is 0.0455. The number of carbonyl (C=O) groups is 3. The Labute approximate surface area is 174 Å². The number of anilines is 1. The topological polar surface area (TPSA) is 75.7 Å². The zero-order valence-electron chi connectivity index (χ0n) is 15.3. The first-order valence-corrected chi connectivity index (χ1v) is 9.51. The van der Waals surface area contributed by atoms with E-state index in [-0.39, 0.29) is 5.57 Å². The number of benzene rings is 3. The molecule has 3 aromatic rings. The molecule has 0 aromatic heterocycles. The number of barbiturate groups is 1. The lowest BCUT2D eigenvalue weighted by atomic mass is 10.00. The van der Waals surface area contributed by atoms with Crippen LogP contribution in [-0.4, -0.2) is 25.0 Å². The Morgan fingerprint density at radius 1 is 0.931 bits per heavy atom. The van der Waals surface area contributed by atoms with Gasteiger partial charge in [0, 0.05) is 9.86 Å². The van der Waals surface area contributed by atoms with Crippen LogP contribution in [-0.2, 0) is 9.59 Å². The van der Waals surface area contributed by atoms with Gasteiger partial charge in [-0.05, 0) is 47.4 Å². The molecule has 0 unspecified atom stereocenters. The lowest BCUT2D eigenvalue weighted by molar-refractivity contribution is -0.122. The van der Waals surface area contributed by atoms with Crippen LogP contribution in [0, 0.1) is 0 Å². The quantitative estimate of drug-likeness (QED) is 0.477. The Balaban J connectivity index is 1.82. The molecule has 7 heteroatoms. The van der Waals surface area contributed by atoms with Crippen LogP contribution in [0.2, 0.25) is 0 Å². The minimum Gasteiger partial charge on any atom is -0.496 e. The molecule has 0 atom stereocenters. The number of nitrogens with one attached hydrogen (secondary N) is 1. The van der Waals surface area contributed by atoms with Gasteiger partial charge < -0.3 is 4.74 Å². The van der Waals surface area contributed by atoms with Crippen LogP contribution >= 0.6 is 15.9 Å². The van der Waals surface area contributed by atoms with Crippen molar-refractivity contribution >= 4 is 56.3 Å². The van der Waals surface area contributed by atoms with Crippen LogP contribution in [0.3, 0.4) is 0 Å². The van der Waals surface area contributed by atoms with Crippen molar-refractivity contribution in [2.75, 3.05) is 12.0 Å². The molecule has 0 radical (unpaired) electrons. The summed E-state index contributed by atoms with van der Waals surface area (Å²) < 4.78 is 6.20. The molecule has 4 rings (SSSR count). The lowest BCUT2D eigenvalue weighted by Gasteiger charge is -2.26. The van der Waals surface area contributed by atoms with E-state index in [2.05, 4.69) is 21.2 Å². The van der Waals surface area contributed by atoms with Gasteiger partial charge in [-0.1, -0.05) is 46.3 Å². The maximum atomic E-state index is 13.0. The predicted octanol–water partition coefficient (Wildman–Crippen LogP) is 4.28. The zero-order chi connectivity index (χ0) is 20.5. The highest BCUT2D eigenvalue weighted by Gasteiger charge is 2.36. The van der Waals surface area contributed by atoms with E-state index in [0.29, 0.717) is 17.0 Å². The van der Waals surface area contributed by atoms with Gasteiger partial charge in [-0.2, -0.15) is 0 Å². The zero-order valence-corrected chi connectivity index (χ0v) is 16.9. The molecule has 1 saturated heterocycles. The van der Waals surface area contributed by atoms with E-state index in [1.807, 2.05) is 24.3 Å². The summed E-state index contributed by atoms with van der Waals surface area (Å²) in [4.78, 5) is 38.7. The SMILES string of the molecule is COc1ccc(/C=C2/C(=O)NC(=O)N(c3ccc(Br)cc3)C2=O)c2ccccc12. The Morgan fingerprint density at radius 3 is 2.31 bits per heavy atom. The van der Waals surface area contributed by atoms with E-state index in [1.165, 1.54) is 6.08 Å². The van der Waals surface area contributed by atoms with Crippen molar-refractivity contribution in [3.63, 3.8) is 0 Å². The summed E-state index contributed by atoms with van der Waals surface area (Å²) in [6.45, 7) is 0. The number of hydrogen-bond donors (Lipinski definition) is 1. The molecule has 0 aliphatic carbocycles. The summed E-state index contributed by atoms with van der Waals surface area (Å²) in [5.41, 5.74) is 0.918. The number of methoxy groups -OCH3 is 1. The third-order valence-electron chi connectivity index (χ3n) is 4.62. The smallest absolute Gasteiger partial charge is 0.335 e. The number of fused-ring (bicyclic) bond motifs is 1. The van der Waals surface area contributed by atoms with Crippen molar-refractivity contribution in [2.24, 2.45) is 0 Å². The second-order valence-electron chi connectivity index (χ2n) is 6.34. The van der Waals surface area contributed by atoms with E-state index in [9.17, 15) is 14.4 Å². The maximum absolute atomic E-state index is 13.0. The van der Waals surface area contributed by atoms with Gasteiger partial charge in [0.05, 0.1) is 12.8 Å². The van der Waals surface area contributed by atoms with E-state index in [0.717, 1.165) is 20.1 Å². The first kappa shape index (κ1) is 18.9. The fourth-order valence-corrected chi connectivity index (χ4v) is 3.50. The van der Waals surface area contributed by atoms with Crippen LogP contribution < -0.4 is 15.0 Å². The molecule has 0 spiro atoms. The predicted molar refractivity (Wildman–Crippen MR) is 114 cm³/mol. The Kier molecular flexibility index (Phi) is 4.90. The molecule has 1 fully saturated rings. The van der Waals surface area contributed by atoms with Crippen LogP contribution in [0.15, 0.2) is 70.7 Å². The lowest BCUT2D eigenvalue weighted by Crippen LogP contribution is -2.54. The van der Waals surface area contributed by atoms with E-state index in [1.54, 1.807) is 43.5 Å². The molecule has 1 aliphatic heterocycles. The molecule has 1 aliphatic rings. The molecule has 1 N–H and O–H groups in total. The van der Waals surface area contributed by atoms with Crippen LogP contribution in [0.4, 0.5) is 10.5 Å². The first-order chi connectivity index (χ1) is 14.0. The first-order valence-electron chi connectivity index (χ1n) is 8.72. The molecule has 0 bridgehead atoms. The van der Waals surface area contributed by atoms with Gasteiger partial charge in [0.15, 0.2) is 0 Å². The Hall–Kier alpha value is -3.45. The minimum absolute atomic E-state index is 0.122. The van der Waals surface area contributed by atoms with Crippen LogP contribution in [0.25, 0.3) is 16.8 Å². The standard InChI is InChI=1S/C22H15BrN2O4/c1-29-19-11-6-13(16-4-2-3-5-17(16)19)12-18-20(26)24-22(28)25(21(18)27)15-9-7-14(23)8-10-15/h2-12H,1H3,(H,24,26,28)/b18-12-. The highest BCUT2D eigenvalue weighted by Crippen LogP contribution is 2.30. The van der Waals surface area contributed by atoms with Crippen molar-refractivity contribution < 1.29 is 19.1 Å². The van der Waals surface area contributed by atoms with Gasteiger partial charge >= 0.3 is 6.03 Å². The van der Waals surface area contributed by atoms with Gasteiger partial charge in [-0.15, -0.1) is 0 Å². The molecular formula is C22H15BrN2O4. The molecule has 3 aromatic carbocycles. The maximum Gasteiger partial charge on any atom is 0.335 e. The summed E-state index contributed by atoms with van der Waals surface area (Å²) in [5, 5.41) is 3.92. The summed E-state index contributed by atoms with van der Waals surface area (Å²) in [6, 6.07) is 17.0. The van der Waals surface area contributed by atoms with Crippen molar-refractivity contribution in [1.29, 1.82) is 0 Å². The summed E-state index contributed by atoms with van der Waals surface area (Å²) in [7, 11) is 1.58. The van der Waals surface area contributed by atoms with Gasteiger partial charge in [0.1, 0.15) is 11.3 Å². The largest absolute Gasteiger partial charge is 0.496 e. The second-order valence-corrected chi connectivity index (χ2v) is 7.25. The molecule has 1 heterocycles. The molecular weight excluding hydrogens is 436 g/mol. The van der Waals surface area contributed by atoms with E-state index >= 15 is 0 Å². The fourth-order valence-electron chi connectivity index (χ4n) is 3.24. The molecule has 6 nitrogen and oxygen atoms in total. The van der Waals surface area contributed by atoms with E-state index in [4.69, 9.17) is 4.74 Å². The van der Waals surface area contributed by atoms with Crippen molar-refractivity contribution in [1.82, 2.24) is 5.32 Å². The van der Waals surface area contributed by atoms with Crippen LogP contribution in [0.1, 0.15) is 5.56 Å². The third-order valence-corrected chi connectivity index (χ3v) is 5.15. The van der Waals surface area contributed by atoms with E-state index < -0.39 is 17.8 Å². The number of carbonyl (C=O) groups excluding carboxylic acids is 3. The Morgan fingerprint density at radius 2 is 1.62 bits per heavy atom. The number of halogens is 1. The molecule has 4 amide bonds. The number of nitrogens with zero attached hydrogens (tertiary/aromatic N) is 1. The van der Waals surface area contributed by atoms with Crippen molar-refractivity contribution in [3.8, 4) is 5.75 Å². The number of amides is 4. The van der Waals surface area contributed by atoms with Crippen molar-refractivity contribution in [2.45, 2.75) is 0 Å². The molecule has 144 valence electrons. The molecule has 29 heavy (non-hydrogen) atoms. The highest BCUT2D eigenvalue weighted by molar-refractivity contribution is 9.10.